The SMILES string of the molecule is Fc1ccccc1-c1cc(N[C@@H]2CCSC2)n2nccc2n1. The monoisotopic (exact) mass is 314 g/mol. The first-order valence-electron chi connectivity index (χ1n) is 7.25. The lowest BCUT2D eigenvalue weighted by atomic mass is 10.1. The molecule has 3 heterocycles. The van der Waals surface area contributed by atoms with E-state index in [1.54, 1.807) is 22.8 Å². The van der Waals surface area contributed by atoms with Crippen molar-refractivity contribution < 1.29 is 4.39 Å². The Morgan fingerprint density at radius 2 is 2.18 bits per heavy atom. The zero-order valence-electron chi connectivity index (χ0n) is 11.9. The summed E-state index contributed by atoms with van der Waals surface area (Å²) in [4.78, 5) is 4.52. The summed E-state index contributed by atoms with van der Waals surface area (Å²) in [6.07, 6.45) is 2.84. The van der Waals surface area contributed by atoms with E-state index in [0.29, 0.717) is 22.9 Å². The smallest absolute Gasteiger partial charge is 0.157 e. The van der Waals surface area contributed by atoms with Gasteiger partial charge in [0.1, 0.15) is 11.6 Å². The first-order valence-corrected chi connectivity index (χ1v) is 8.41. The topological polar surface area (TPSA) is 42.2 Å². The zero-order valence-corrected chi connectivity index (χ0v) is 12.7. The van der Waals surface area contributed by atoms with E-state index in [4.69, 9.17) is 0 Å². The van der Waals surface area contributed by atoms with Crippen LogP contribution in [0.5, 0.6) is 0 Å². The van der Waals surface area contributed by atoms with Crippen LogP contribution in [0.15, 0.2) is 42.6 Å². The normalized spacial score (nSPS) is 18.0. The Morgan fingerprint density at radius 3 is 3.00 bits per heavy atom. The van der Waals surface area contributed by atoms with Crippen molar-refractivity contribution >= 4 is 23.2 Å². The minimum absolute atomic E-state index is 0.263. The van der Waals surface area contributed by atoms with Gasteiger partial charge in [-0.05, 0) is 24.3 Å². The van der Waals surface area contributed by atoms with Gasteiger partial charge in [-0.2, -0.15) is 21.4 Å². The largest absolute Gasteiger partial charge is 0.366 e. The molecule has 0 bridgehead atoms. The third-order valence-corrected chi connectivity index (χ3v) is 4.95. The van der Waals surface area contributed by atoms with Crippen LogP contribution in [0.3, 0.4) is 0 Å². The van der Waals surface area contributed by atoms with Crippen LogP contribution >= 0.6 is 11.8 Å². The molecule has 1 atom stereocenters. The summed E-state index contributed by atoms with van der Waals surface area (Å²) in [6.45, 7) is 0. The molecule has 0 unspecified atom stereocenters. The Bertz CT molecular complexity index is 811. The Labute approximate surface area is 131 Å². The third-order valence-electron chi connectivity index (χ3n) is 3.79. The van der Waals surface area contributed by atoms with Gasteiger partial charge in [0, 0.05) is 29.5 Å². The molecule has 1 aromatic carbocycles. The predicted octanol–water partition coefficient (Wildman–Crippen LogP) is 3.45. The van der Waals surface area contributed by atoms with Gasteiger partial charge in [-0.25, -0.2) is 9.37 Å². The van der Waals surface area contributed by atoms with Crippen molar-refractivity contribution in [3.8, 4) is 11.3 Å². The van der Waals surface area contributed by atoms with Crippen LogP contribution in [0.1, 0.15) is 6.42 Å². The van der Waals surface area contributed by atoms with E-state index in [0.717, 1.165) is 18.0 Å². The van der Waals surface area contributed by atoms with E-state index in [9.17, 15) is 4.39 Å². The number of nitrogens with zero attached hydrogens (tertiary/aromatic N) is 3. The van der Waals surface area contributed by atoms with Gasteiger partial charge in [0.2, 0.25) is 0 Å². The molecule has 4 nitrogen and oxygen atoms in total. The van der Waals surface area contributed by atoms with Gasteiger partial charge in [0.25, 0.3) is 0 Å². The molecule has 0 saturated carbocycles. The van der Waals surface area contributed by atoms with E-state index >= 15 is 0 Å². The van der Waals surface area contributed by atoms with Crippen molar-refractivity contribution in [2.24, 2.45) is 0 Å². The average Bonchev–Trinajstić information content (AvgIpc) is 3.18. The quantitative estimate of drug-likeness (QED) is 0.804. The van der Waals surface area contributed by atoms with E-state index in [2.05, 4.69) is 15.4 Å². The molecule has 112 valence electrons. The number of thioether (sulfide) groups is 1. The van der Waals surface area contributed by atoms with Crippen molar-refractivity contribution in [2.75, 3.05) is 16.8 Å². The van der Waals surface area contributed by atoms with Gasteiger partial charge >= 0.3 is 0 Å². The highest BCUT2D eigenvalue weighted by Crippen LogP contribution is 2.26. The molecular formula is C16H15FN4S. The first-order chi connectivity index (χ1) is 10.8. The minimum Gasteiger partial charge on any atom is -0.366 e. The van der Waals surface area contributed by atoms with E-state index < -0.39 is 0 Å². The number of nitrogens with one attached hydrogen (secondary N) is 1. The predicted molar refractivity (Wildman–Crippen MR) is 87.7 cm³/mol. The number of hydrogen-bond donors (Lipinski definition) is 1. The van der Waals surface area contributed by atoms with Gasteiger partial charge in [-0.1, -0.05) is 12.1 Å². The summed E-state index contributed by atoms with van der Waals surface area (Å²) in [7, 11) is 0. The fraction of sp³-hybridized carbons (Fsp3) is 0.250. The summed E-state index contributed by atoms with van der Waals surface area (Å²) in [5.74, 6) is 2.85. The summed E-state index contributed by atoms with van der Waals surface area (Å²) in [5, 5.41) is 7.83. The van der Waals surface area contributed by atoms with Gasteiger partial charge < -0.3 is 5.32 Å². The van der Waals surface area contributed by atoms with Gasteiger partial charge in [-0.3, -0.25) is 0 Å². The van der Waals surface area contributed by atoms with Crippen LogP contribution in [0, 0.1) is 5.82 Å². The summed E-state index contributed by atoms with van der Waals surface area (Å²) >= 11 is 1.94. The highest BCUT2D eigenvalue weighted by molar-refractivity contribution is 7.99. The van der Waals surface area contributed by atoms with Crippen molar-refractivity contribution in [1.82, 2.24) is 14.6 Å². The molecule has 2 aromatic heterocycles. The number of aromatic nitrogens is 3. The molecule has 22 heavy (non-hydrogen) atoms. The Balaban J connectivity index is 1.81. The number of anilines is 1. The molecule has 0 aliphatic carbocycles. The number of hydrogen-bond acceptors (Lipinski definition) is 4. The Kier molecular flexibility index (Phi) is 3.46. The van der Waals surface area contributed by atoms with Gasteiger partial charge in [0.05, 0.1) is 11.9 Å². The lowest BCUT2D eigenvalue weighted by Gasteiger charge is -2.15. The highest BCUT2D eigenvalue weighted by atomic mass is 32.2. The van der Waals surface area contributed by atoms with Crippen LogP contribution in [-0.4, -0.2) is 32.1 Å². The van der Waals surface area contributed by atoms with Crippen molar-refractivity contribution in [2.45, 2.75) is 12.5 Å². The molecule has 1 aliphatic heterocycles. The second-order valence-corrected chi connectivity index (χ2v) is 6.46. The molecule has 3 aromatic rings. The lowest BCUT2D eigenvalue weighted by molar-refractivity contribution is 0.630. The second-order valence-electron chi connectivity index (χ2n) is 5.31. The fourth-order valence-corrected chi connectivity index (χ4v) is 3.83. The van der Waals surface area contributed by atoms with Gasteiger partial charge in [0.15, 0.2) is 5.65 Å². The second kappa shape index (κ2) is 5.61. The molecule has 1 N–H and O–H groups in total. The maximum absolute atomic E-state index is 14.1. The zero-order chi connectivity index (χ0) is 14.9. The van der Waals surface area contributed by atoms with Crippen LogP contribution in [-0.2, 0) is 0 Å². The third kappa shape index (κ3) is 2.43. The standard InChI is InChI=1S/C16H15FN4S/c17-13-4-2-1-3-12(13)14-9-16(19-11-6-8-22-10-11)21-15(20-14)5-7-18-21/h1-5,7,9,11,19H,6,8,10H2/t11-/m1/s1. The summed E-state index contributed by atoms with van der Waals surface area (Å²) in [5.41, 5.74) is 1.85. The highest BCUT2D eigenvalue weighted by Gasteiger charge is 2.18. The molecule has 1 saturated heterocycles. The van der Waals surface area contributed by atoms with Gasteiger partial charge in [-0.15, -0.1) is 0 Å². The molecule has 1 fully saturated rings. The van der Waals surface area contributed by atoms with Crippen LogP contribution in [0.25, 0.3) is 16.9 Å². The number of fused-ring (bicyclic) bond motifs is 1. The molecule has 1 aliphatic rings. The number of halogens is 1. The summed E-state index contributed by atoms with van der Waals surface area (Å²) in [6, 6.07) is 10.8. The van der Waals surface area contributed by atoms with E-state index in [1.165, 1.54) is 11.8 Å². The van der Waals surface area contributed by atoms with Crippen molar-refractivity contribution in [3.05, 3.63) is 48.4 Å². The summed E-state index contributed by atoms with van der Waals surface area (Å²) < 4.78 is 15.8. The first kappa shape index (κ1) is 13.6. The molecule has 6 heteroatoms. The average molecular weight is 314 g/mol. The number of rotatable bonds is 3. The number of benzene rings is 1. The molecule has 4 rings (SSSR count). The molecule has 0 radical (unpaired) electrons. The van der Waals surface area contributed by atoms with Crippen molar-refractivity contribution in [1.29, 1.82) is 0 Å². The Hall–Kier alpha value is -2.08. The van der Waals surface area contributed by atoms with Crippen LogP contribution < -0.4 is 5.32 Å². The molecule has 0 spiro atoms. The fourth-order valence-electron chi connectivity index (χ4n) is 2.68. The minimum atomic E-state index is -0.263. The van der Waals surface area contributed by atoms with Crippen LogP contribution in [0.2, 0.25) is 0 Å². The maximum Gasteiger partial charge on any atom is 0.157 e. The Morgan fingerprint density at radius 1 is 1.27 bits per heavy atom. The maximum atomic E-state index is 14.1. The van der Waals surface area contributed by atoms with E-state index in [1.807, 2.05) is 30.0 Å². The van der Waals surface area contributed by atoms with Crippen molar-refractivity contribution in [3.63, 3.8) is 0 Å². The van der Waals surface area contributed by atoms with E-state index in [-0.39, 0.29) is 5.82 Å². The lowest BCUT2D eigenvalue weighted by Crippen LogP contribution is -2.20. The van der Waals surface area contributed by atoms with Crippen LogP contribution in [0.4, 0.5) is 10.2 Å². The molecule has 0 amide bonds. The molecular weight excluding hydrogens is 299 g/mol.